The van der Waals surface area contributed by atoms with E-state index in [0.29, 0.717) is 17.0 Å². The molecular formula is C23H21ClN4O2. The Morgan fingerprint density at radius 1 is 0.833 bits per heavy atom. The highest BCUT2D eigenvalue weighted by Crippen LogP contribution is 2.37. The Kier molecular flexibility index (Phi) is 6.51. The van der Waals surface area contributed by atoms with Crippen molar-refractivity contribution in [1.82, 2.24) is 0 Å². The number of nitrogens with one attached hydrogen (secondary N) is 3. The summed E-state index contributed by atoms with van der Waals surface area (Å²) in [4.78, 5) is 24.2. The summed E-state index contributed by atoms with van der Waals surface area (Å²) >= 11 is 0. The van der Waals surface area contributed by atoms with Gasteiger partial charge in [0.2, 0.25) is 5.91 Å². The number of carbonyl (C=O) groups is 2. The molecule has 0 atom stereocenters. The van der Waals surface area contributed by atoms with Crippen LogP contribution in [0.25, 0.3) is 11.3 Å². The fourth-order valence-electron chi connectivity index (χ4n) is 3.24. The summed E-state index contributed by atoms with van der Waals surface area (Å²) < 4.78 is 0. The zero-order valence-corrected chi connectivity index (χ0v) is 16.8. The fraction of sp³-hybridized carbons (Fsp3) is 0.0435. The predicted octanol–water partition coefficient (Wildman–Crippen LogP) is 3.94. The lowest BCUT2D eigenvalue weighted by atomic mass is 10.00. The van der Waals surface area contributed by atoms with Crippen molar-refractivity contribution >= 4 is 52.6 Å². The molecule has 5 N–H and O–H groups in total. The summed E-state index contributed by atoms with van der Waals surface area (Å²) in [6.45, 7) is -0.0707. The lowest BCUT2D eigenvalue weighted by molar-refractivity contribution is -0.115. The van der Waals surface area contributed by atoms with Crippen LogP contribution in [-0.4, -0.2) is 18.4 Å². The van der Waals surface area contributed by atoms with Crippen LogP contribution in [0.4, 0.5) is 17.1 Å². The Morgan fingerprint density at radius 2 is 1.43 bits per heavy atom. The predicted molar refractivity (Wildman–Crippen MR) is 123 cm³/mol. The van der Waals surface area contributed by atoms with E-state index in [-0.39, 0.29) is 30.8 Å². The smallest absolute Gasteiger partial charge is 0.258 e. The lowest BCUT2D eigenvalue weighted by Gasteiger charge is -2.15. The Balaban J connectivity index is 0.00000256. The number of para-hydroxylation sites is 1. The van der Waals surface area contributed by atoms with Gasteiger partial charge in [0, 0.05) is 22.6 Å². The number of fused-ring (bicyclic) bond motifs is 1. The van der Waals surface area contributed by atoms with Crippen molar-refractivity contribution in [2.45, 2.75) is 0 Å². The van der Waals surface area contributed by atoms with Gasteiger partial charge in [-0.25, -0.2) is 0 Å². The molecule has 0 radical (unpaired) electrons. The molecule has 0 saturated heterocycles. The minimum Gasteiger partial charge on any atom is -0.354 e. The van der Waals surface area contributed by atoms with E-state index in [1.807, 2.05) is 66.7 Å². The number of hydrogen-bond donors (Lipinski definition) is 4. The van der Waals surface area contributed by atoms with Gasteiger partial charge in [-0.2, -0.15) is 0 Å². The van der Waals surface area contributed by atoms with E-state index in [2.05, 4.69) is 16.0 Å². The average Bonchev–Trinajstić information content (AvgIpc) is 3.09. The van der Waals surface area contributed by atoms with Crippen molar-refractivity contribution in [3.05, 3.63) is 90.0 Å². The van der Waals surface area contributed by atoms with Crippen LogP contribution in [-0.2, 0) is 9.59 Å². The van der Waals surface area contributed by atoms with Gasteiger partial charge in [0.25, 0.3) is 5.91 Å². The molecule has 1 heterocycles. The van der Waals surface area contributed by atoms with Gasteiger partial charge in [0.05, 0.1) is 17.8 Å². The highest BCUT2D eigenvalue weighted by atomic mass is 35.5. The maximum atomic E-state index is 12.8. The van der Waals surface area contributed by atoms with E-state index in [1.165, 1.54) is 0 Å². The molecule has 0 aliphatic carbocycles. The summed E-state index contributed by atoms with van der Waals surface area (Å²) in [6.07, 6.45) is 0. The van der Waals surface area contributed by atoms with Crippen LogP contribution in [0.1, 0.15) is 11.1 Å². The molecule has 1 aliphatic heterocycles. The SMILES string of the molecule is Cl.NCC(=O)Nc1ccc(NC(=C2C(=O)Nc3ccccc32)c2ccccc2)cc1. The third-order valence-corrected chi connectivity index (χ3v) is 4.61. The van der Waals surface area contributed by atoms with E-state index in [4.69, 9.17) is 5.73 Å². The maximum Gasteiger partial charge on any atom is 0.258 e. The van der Waals surface area contributed by atoms with Crippen molar-refractivity contribution in [1.29, 1.82) is 0 Å². The molecule has 0 bridgehead atoms. The Labute approximate surface area is 180 Å². The average molecular weight is 421 g/mol. The highest BCUT2D eigenvalue weighted by molar-refractivity contribution is 6.37. The normalized spacial score (nSPS) is 13.6. The molecular weight excluding hydrogens is 400 g/mol. The van der Waals surface area contributed by atoms with E-state index in [9.17, 15) is 9.59 Å². The van der Waals surface area contributed by atoms with Gasteiger partial charge in [0.1, 0.15) is 0 Å². The van der Waals surface area contributed by atoms with Crippen LogP contribution in [0.5, 0.6) is 0 Å². The van der Waals surface area contributed by atoms with Crippen LogP contribution >= 0.6 is 12.4 Å². The van der Waals surface area contributed by atoms with Gasteiger partial charge in [-0.3, -0.25) is 9.59 Å². The first-order valence-electron chi connectivity index (χ1n) is 9.23. The summed E-state index contributed by atoms with van der Waals surface area (Å²) in [7, 11) is 0. The van der Waals surface area contributed by atoms with E-state index >= 15 is 0 Å². The number of hydrogen-bond acceptors (Lipinski definition) is 4. The number of anilines is 3. The van der Waals surface area contributed by atoms with Crippen molar-refractivity contribution < 1.29 is 9.59 Å². The van der Waals surface area contributed by atoms with E-state index in [0.717, 1.165) is 22.5 Å². The summed E-state index contributed by atoms with van der Waals surface area (Å²) in [5.41, 5.74) is 10.6. The molecule has 152 valence electrons. The third kappa shape index (κ3) is 4.35. The number of benzene rings is 3. The number of carbonyl (C=O) groups excluding carboxylic acids is 2. The second-order valence-electron chi connectivity index (χ2n) is 6.57. The van der Waals surface area contributed by atoms with Gasteiger partial charge >= 0.3 is 0 Å². The molecule has 0 spiro atoms. The quantitative estimate of drug-likeness (QED) is 0.470. The molecule has 0 fully saturated rings. The van der Waals surface area contributed by atoms with Crippen LogP contribution in [0.2, 0.25) is 0 Å². The Bertz CT molecular complexity index is 1100. The molecule has 6 nitrogen and oxygen atoms in total. The topological polar surface area (TPSA) is 96.2 Å². The first kappa shape index (κ1) is 21.1. The molecule has 3 aromatic carbocycles. The number of amides is 2. The number of rotatable bonds is 5. The maximum absolute atomic E-state index is 12.8. The summed E-state index contributed by atoms with van der Waals surface area (Å²) in [5.74, 6) is -0.401. The van der Waals surface area contributed by atoms with E-state index < -0.39 is 0 Å². The van der Waals surface area contributed by atoms with Crippen molar-refractivity contribution in [3.8, 4) is 0 Å². The molecule has 30 heavy (non-hydrogen) atoms. The van der Waals surface area contributed by atoms with Crippen LogP contribution in [0.15, 0.2) is 78.9 Å². The van der Waals surface area contributed by atoms with Gasteiger partial charge < -0.3 is 21.7 Å². The third-order valence-electron chi connectivity index (χ3n) is 4.61. The number of nitrogens with two attached hydrogens (primary N) is 1. The zero-order chi connectivity index (χ0) is 20.2. The monoisotopic (exact) mass is 420 g/mol. The first-order valence-corrected chi connectivity index (χ1v) is 9.23. The Hall–Kier alpha value is -3.61. The molecule has 0 aromatic heterocycles. The zero-order valence-electron chi connectivity index (χ0n) is 16.0. The summed E-state index contributed by atoms with van der Waals surface area (Å²) in [5, 5.41) is 9.02. The molecule has 0 unspecified atom stereocenters. The second kappa shape index (κ2) is 9.26. The molecule has 0 saturated carbocycles. The first-order chi connectivity index (χ1) is 14.2. The van der Waals surface area contributed by atoms with Crippen LogP contribution < -0.4 is 21.7 Å². The minimum absolute atomic E-state index is 0. The van der Waals surface area contributed by atoms with Crippen molar-refractivity contribution in [2.75, 3.05) is 22.5 Å². The van der Waals surface area contributed by atoms with Gasteiger partial charge in [-0.1, -0.05) is 48.5 Å². The molecule has 2 amide bonds. The van der Waals surface area contributed by atoms with Gasteiger partial charge in [0.15, 0.2) is 0 Å². The van der Waals surface area contributed by atoms with E-state index in [1.54, 1.807) is 12.1 Å². The van der Waals surface area contributed by atoms with Gasteiger partial charge in [-0.05, 0) is 35.9 Å². The standard InChI is InChI=1S/C23H20N4O2.ClH/c24-14-20(28)25-16-10-12-17(13-11-16)26-22(15-6-2-1-3-7-15)21-18-8-4-5-9-19(18)27-23(21)29;/h1-13,26H,14,24H2,(H,25,28)(H,27,29);1H. The molecule has 1 aliphatic rings. The molecule has 3 aromatic rings. The fourth-order valence-corrected chi connectivity index (χ4v) is 3.24. The Morgan fingerprint density at radius 3 is 2.10 bits per heavy atom. The molecule has 4 rings (SSSR count). The highest BCUT2D eigenvalue weighted by Gasteiger charge is 2.27. The second-order valence-corrected chi connectivity index (χ2v) is 6.57. The summed E-state index contributed by atoms with van der Waals surface area (Å²) in [6, 6.07) is 24.6. The lowest BCUT2D eigenvalue weighted by Crippen LogP contribution is -2.21. The molecule has 7 heteroatoms. The minimum atomic E-state index is -0.253. The largest absolute Gasteiger partial charge is 0.354 e. The van der Waals surface area contributed by atoms with Crippen LogP contribution in [0, 0.1) is 0 Å². The van der Waals surface area contributed by atoms with Crippen molar-refractivity contribution in [2.24, 2.45) is 5.73 Å². The van der Waals surface area contributed by atoms with Crippen LogP contribution in [0.3, 0.4) is 0 Å². The number of halogens is 1. The van der Waals surface area contributed by atoms with Gasteiger partial charge in [-0.15, -0.1) is 12.4 Å². The van der Waals surface area contributed by atoms with Crippen molar-refractivity contribution in [3.63, 3.8) is 0 Å².